The Bertz CT molecular complexity index is 685. The number of nitrogens with zero attached hydrogens (tertiary/aromatic N) is 3. The highest BCUT2D eigenvalue weighted by Crippen LogP contribution is 2.23. The maximum Gasteiger partial charge on any atom is 0.234 e. The Morgan fingerprint density at radius 3 is 2.76 bits per heavy atom. The number of carbonyl (C=O) groups is 3. The summed E-state index contributed by atoms with van der Waals surface area (Å²) in [6, 6.07) is 3.62. The molecule has 0 radical (unpaired) electrons. The van der Waals surface area contributed by atoms with Gasteiger partial charge in [0.05, 0.1) is 25.3 Å². The number of rotatable bonds is 9. The highest BCUT2D eigenvalue weighted by atomic mass is 16.5. The number of likely N-dealkylation sites (tertiary alicyclic amines) is 1. The second-order valence-corrected chi connectivity index (χ2v) is 7.55. The van der Waals surface area contributed by atoms with Crippen molar-refractivity contribution in [2.45, 2.75) is 19.4 Å². The predicted molar refractivity (Wildman–Crippen MR) is 105 cm³/mol. The second kappa shape index (κ2) is 10.4. The molecule has 3 heterocycles. The number of hydrogen-bond donors (Lipinski definition) is 1. The number of piperazine rings is 1. The molecule has 2 aliphatic heterocycles. The van der Waals surface area contributed by atoms with Crippen molar-refractivity contribution in [3.05, 3.63) is 24.2 Å². The van der Waals surface area contributed by atoms with E-state index in [0.717, 1.165) is 12.2 Å². The van der Waals surface area contributed by atoms with Crippen LogP contribution in [0.1, 0.15) is 18.6 Å². The zero-order chi connectivity index (χ0) is 20.6. The number of nitrogens with one attached hydrogen (secondary N) is 1. The van der Waals surface area contributed by atoms with E-state index in [-0.39, 0.29) is 30.1 Å². The number of hydrogen-bond acceptors (Lipinski definition) is 6. The van der Waals surface area contributed by atoms with E-state index >= 15 is 0 Å². The Hall–Kier alpha value is -2.39. The lowest BCUT2D eigenvalue weighted by Crippen LogP contribution is -2.52. The number of ether oxygens (including phenoxy) is 1. The maximum absolute atomic E-state index is 12.8. The zero-order valence-corrected chi connectivity index (χ0v) is 17.0. The van der Waals surface area contributed by atoms with Crippen molar-refractivity contribution in [2.24, 2.45) is 5.92 Å². The van der Waals surface area contributed by atoms with E-state index in [4.69, 9.17) is 9.15 Å². The first-order valence-electron chi connectivity index (χ1n) is 10.1. The highest BCUT2D eigenvalue weighted by Gasteiger charge is 2.37. The molecule has 0 bridgehead atoms. The highest BCUT2D eigenvalue weighted by molar-refractivity contribution is 5.89. The van der Waals surface area contributed by atoms with Gasteiger partial charge >= 0.3 is 0 Å². The van der Waals surface area contributed by atoms with E-state index in [1.54, 1.807) is 24.3 Å². The van der Waals surface area contributed by atoms with Gasteiger partial charge in [0.1, 0.15) is 5.76 Å². The van der Waals surface area contributed by atoms with E-state index in [0.29, 0.717) is 59.0 Å². The van der Waals surface area contributed by atoms with E-state index in [1.165, 1.54) is 0 Å². The van der Waals surface area contributed by atoms with Crippen molar-refractivity contribution in [1.82, 2.24) is 20.0 Å². The fourth-order valence-electron chi connectivity index (χ4n) is 3.77. The van der Waals surface area contributed by atoms with Gasteiger partial charge in [-0.2, -0.15) is 0 Å². The Morgan fingerprint density at radius 1 is 1.28 bits per heavy atom. The number of methoxy groups -OCH3 is 1. The van der Waals surface area contributed by atoms with Crippen LogP contribution in [0.4, 0.5) is 0 Å². The van der Waals surface area contributed by atoms with Gasteiger partial charge in [0.15, 0.2) is 0 Å². The van der Waals surface area contributed by atoms with Gasteiger partial charge in [0.2, 0.25) is 17.7 Å². The van der Waals surface area contributed by atoms with E-state index in [9.17, 15) is 14.4 Å². The molecule has 29 heavy (non-hydrogen) atoms. The van der Waals surface area contributed by atoms with Crippen LogP contribution in [-0.4, -0.2) is 92.0 Å². The molecule has 1 unspecified atom stereocenters. The molecule has 1 N–H and O–H groups in total. The van der Waals surface area contributed by atoms with Gasteiger partial charge in [-0.25, -0.2) is 0 Å². The summed E-state index contributed by atoms with van der Waals surface area (Å²) in [7, 11) is 1.64. The minimum atomic E-state index is -0.298. The van der Waals surface area contributed by atoms with Crippen LogP contribution in [0.2, 0.25) is 0 Å². The van der Waals surface area contributed by atoms with Crippen molar-refractivity contribution in [3.8, 4) is 0 Å². The molecule has 1 atom stereocenters. The van der Waals surface area contributed by atoms with Crippen LogP contribution < -0.4 is 5.32 Å². The van der Waals surface area contributed by atoms with Gasteiger partial charge in [0.25, 0.3) is 0 Å². The molecule has 9 nitrogen and oxygen atoms in total. The summed E-state index contributed by atoms with van der Waals surface area (Å²) in [6.07, 6.45) is 2.63. The lowest BCUT2D eigenvalue weighted by Gasteiger charge is -2.35. The van der Waals surface area contributed by atoms with Crippen molar-refractivity contribution < 1.29 is 23.5 Å². The number of carbonyl (C=O) groups excluding carboxylic acids is 3. The molecule has 0 spiro atoms. The third kappa shape index (κ3) is 6.04. The summed E-state index contributed by atoms with van der Waals surface area (Å²) >= 11 is 0. The summed E-state index contributed by atoms with van der Waals surface area (Å²) in [4.78, 5) is 42.6. The van der Waals surface area contributed by atoms with Gasteiger partial charge in [-0.05, 0) is 18.6 Å². The number of furan rings is 1. The maximum atomic E-state index is 12.8. The molecule has 1 aromatic heterocycles. The van der Waals surface area contributed by atoms with E-state index in [1.807, 2.05) is 11.0 Å². The Labute approximate surface area is 170 Å². The van der Waals surface area contributed by atoms with Crippen molar-refractivity contribution in [2.75, 3.05) is 59.5 Å². The molecule has 2 saturated heterocycles. The van der Waals surface area contributed by atoms with Gasteiger partial charge in [-0.3, -0.25) is 19.3 Å². The predicted octanol–water partition coefficient (Wildman–Crippen LogP) is -0.0750. The van der Waals surface area contributed by atoms with Gasteiger partial charge in [-0.1, -0.05) is 0 Å². The molecular formula is C20H30N4O5. The molecule has 160 valence electrons. The second-order valence-electron chi connectivity index (χ2n) is 7.55. The smallest absolute Gasteiger partial charge is 0.234 e. The van der Waals surface area contributed by atoms with Crippen LogP contribution in [0.15, 0.2) is 22.8 Å². The van der Waals surface area contributed by atoms with Crippen molar-refractivity contribution >= 4 is 17.7 Å². The average Bonchev–Trinajstić information content (AvgIpc) is 3.36. The summed E-state index contributed by atoms with van der Waals surface area (Å²) in [6.45, 7) is 4.90. The molecular weight excluding hydrogens is 376 g/mol. The van der Waals surface area contributed by atoms with E-state index in [2.05, 4.69) is 10.2 Å². The Balaban J connectivity index is 1.38. The van der Waals surface area contributed by atoms with E-state index < -0.39 is 0 Å². The molecule has 3 amide bonds. The lowest BCUT2D eigenvalue weighted by molar-refractivity contribution is -0.137. The van der Waals surface area contributed by atoms with Crippen molar-refractivity contribution in [3.63, 3.8) is 0 Å². The normalized spacial score (nSPS) is 20.3. The van der Waals surface area contributed by atoms with Crippen LogP contribution in [0, 0.1) is 5.92 Å². The fourth-order valence-corrected chi connectivity index (χ4v) is 3.77. The minimum absolute atomic E-state index is 0.00385. The van der Waals surface area contributed by atoms with Gasteiger partial charge in [0, 0.05) is 59.4 Å². The third-order valence-electron chi connectivity index (χ3n) is 5.39. The first-order valence-corrected chi connectivity index (χ1v) is 10.1. The lowest BCUT2D eigenvalue weighted by atomic mass is 10.1. The molecule has 2 fully saturated rings. The van der Waals surface area contributed by atoms with Crippen LogP contribution in [0.3, 0.4) is 0 Å². The first-order chi connectivity index (χ1) is 14.1. The molecule has 2 aliphatic rings. The SMILES string of the molecule is COCCCNC(=O)CN1CCN(C(=O)C2CC(=O)N(Cc3ccco3)C2)CC1. The largest absolute Gasteiger partial charge is 0.467 e. The Kier molecular flexibility index (Phi) is 7.65. The summed E-state index contributed by atoms with van der Waals surface area (Å²) in [5.41, 5.74) is 0. The van der Waals surface area contributed by atoms with Crippen molar-refractivity contribution in [1.29, 1.82) is 0 Å². The Morgan fingerprint density at radius 2 is 2.07 bits per heavy atom. The monoisotopic (exact) mass is 406 g/mol. The summed E-state index contributed by atoms with van der Waals surface area (Å²) in [5.74, 6) is 0.442. The van der Waals surface area contributed by atoms with Crippen LogP contribution in [0.25, 0.3) is 0 Å². The molecule has 0 saturated carbocycles. The fraction of sp³-hybridized carbons (Fsp3) is 0.650. The third-order valence-corrected chi connectivity index (χ3v) is 5.39. The number of amides is 3. The molecule has 0 aromatic carbocycles. The van der Waals surface area contributed by atoms with Gasteiger partial charge in [-0.15, -0.1) is 0 Å². The topological polar surface area (TPSA) is 95.3 Å². The summed E-state index contributed by atoms with van der Waals surface area (Å²) < 4.78 is 10.3. The average molecular weight is 406 g/mol. The zero-order valence-electron chi connectivity index (χ0n) is 17.0. The molecule has 0 aliphatic carbocycles. The standard InChI is InChI=1S/C20H30N4O5/c1-28-10-3-5-21-18(25)15-22-6-8-23(9-7-22)20(27)16-12-19(26)24(13-16)14-17-4-2-11-29-17/h2,4,11,16H,3,5-10,12-15H2,1H3,(H,21,25). The minimum Gasteiger partial charge on any atom is -0.467 e. The van der Waals surface area contributed by atoms with Crippen LogP contribution in [0.5, 0.6) is 0 Å². The molecule has 3 rings (SSSR count). The van der Waals surface area contributed by atoms with Crippen LogP contribution in [-0.2, 0) is 25.7 Å². The molecule has 9 heteroatoms. The first kappa shape index (κ1) is 21.3. The van der Waals surface area contributed by atoms with Crippen LogP contribution >= 0.6 is 0 Å². The molecule has 1 aromatic rings. The quantitative estimate of drug-likeness (QED) is 0.577. The van der Waals surface area contributed by atoms with Gasteiger partial charge < -0.3 is 24.3 Å². The summed E-state index contributed by atoms with van der Waals surface area (Å²) in [5, 5.41) is 2.88.